The van der Waals surface area contributed by atoms with Crippen LogP contribution in [0.25, 0.3) is 10.9 Å². The molecule has 2 aromatic rings. The van der Waals surface area contributed by atoms with Gasteiger partial charge in [-0.2, -0.15) is 0 Å². The molecule has 0 bridgehead atoms. The predicted molar refractivity (Wildman–Crippen MR) is 53.6 cm³/mol. The van der Waals surface area contributed by atoms with Crippen LogP contribution in [0.5, 0.6) is 0 Å². The first-order valence-corrected chi connectivity index (χ1v) is 4.37. The zero-order valence-electron chi connectivity index (χ0n) is 7.00. The van der Waals surface area contributed by atoms with E-state index in [1.54, 1.807) is 0 Å². The molecule has 0 saturated carbocycles. The Labute approximate surface area is 81.6 Å². The number of benzene rings is 1. The number of aromatic nitrogens is 2. The van der Waals surface area contributed by atoms with E-state index in [1.165, 1.54) is 6.33 Å². The Morgan fingerprint density at radius 1 is 1.31 bits per heavy atom. The molecule has 1 aromatic heterocycles. The Hall–Kier alpha value is -1.15. The van der Waals surface area contributed by atoms with Crippen molar-refractivity contribution in [3.63, 3.8) is 0 Å². The summed E-state index contributed by atoms with van der Waals surface area (Å²) in [6.07, 6.45) is 2.22. The van der Waals surface area contributed by atoms with Crippen molar-refractivity contribution in [1.82, 2.24) is 9.97 Å². The average molecular weight is 192 g/mol. The Morgan fingerprint density at radius 2 is 2.15 bits per heavy atom. The molecular formula is C10H8ClN2. The van der Waals surface area contributed by atoms with Crippen molar-refractivity contribution in [2.45, 2.75) is 6.42 Å². The molecule has 2 rings (SSSR count). The van der Waals surface area contributed by atoms with E-state index in [0.717, 1.165) is 22.9 Å². The van der Waals surface area contributed by atoms with Crippen molar-refractivity contribution >= 4 is 22.5 Å². The van der Waals surface area contributed by atoms with Gasteiger partial charge in [0.15, 0.2) is 0 Å². The first-order valence-electron chi connectivity index (χ1n) is 3.99. The molecule has 2 nitrogen and oxygen atoms in total. The molecule has 0 saturated heterocycles. The first-order chi connectivity index (χ1) is 6.31. The molecule has 0 spiro atoms. The Morgan fingerprint density at radius 3 is 2.92 bits per heavy atom. The Kier molecular flexibility index (Phi) is 2.15. The minimum atomic E-state index is 0.500. The fourth-order valence-electron chi connectivity index (χ4n) is 1.23. The van der Waals surface area contributed by atoms with E-state index >= 15 is 0 Å². The van der Waals surface area contributed by atoms with Gasteiger partial charge in [-0.3, -0.25) is 0 Å². The van der Waals surface area contributed by atoms with Crippen LogP contribution in [-0.2, 0) is 6.42 Å². The van der Waals surface area contributed by atoms with Gasteiger partial charge in [-0.15, -0.1) is 0 Å². The van der Waals surface area contributed by atoms with Crippen LogP contribution >= 0.6 is 11.6 Å². The molecule has 1 aromatic carbocycles. The van der Waals surface area contributed by atoms with Gasteiger partial charge in [0.2, 0.25) is 0 Å². The molecule has 1 heterocycles. The number of fused-ring (bicyclic) bond motifs is 1. The van der Waals surface area contributed by atoms with Crippen molar-refractivity contribution in [3.05, 3.63) is 42.2 Å². The molecular weight excluding hydrogens is 184 g/mol. The van der Waals surface area contributed by atoms with E-state index in [4.69, 9.17) is 11.6 Å². The fourth-order valence-corrected chi connectivity index (χ4v) is 1.42. The fraction of sp³-hybridized carbons (Fsp3) is 0.100. The minimum absolute atomic E-state index is 0.500. The second-order valence-electron chi connectivity index (χ2n) is 2.77. The molecule has 0 aliphatic rings. The molecule has 3 heteroatoms. The van der Waals surface area contributed by atoms with Gasteiger partial charge in [0.1, 0.15) is 11.5 Å². The third-order valence-corrected chi connectivity index (χ3v) is 2.24. The zero-order valence-corrected chi connectivity index (χ0v) is 7.75. The molecule has 13 heavy (non-hydrogen) atoms. The highest BCUT2D eigenvalue weighted by Crippen LogP contribution is 2.20. The van der Waals surface area contributed by atoms with Gasteiger partial charge in [-0.25, -0.2) is 9.97 Å². The lowest BCUT2D eigenvalue weighted by atomic mass is 10.1. The van der Waals surface area contributed by atoms with Crippen LogP contribution in [0.2, 0.25) is 5.15 Å². The average Bonchev–Trinajstić information content (AvgIpc) is 2.18. The monoisotopic (exact) mass is 191 g/mol. The second kappa shape index (κ2) is 3.30. The second-order valence-corrected chi connectivity index (χ2v) is 3.12. The highest BCUT2D eigenvalue weighted by Gasteiger charge is 2.00. The predicted octanol–water partition coefficient (Wildman–Crippen LogP) is 2.66. The third kappa shape index (κ3) is 1.49. The van der Waals surface area contributed by atoms with E-state index in [0.29, 0.717) is 5.15 Å². The van der Waals surface area contributed by atoms with Crippen molar-refractivity contribution in [2.24, 2.45) is 0 Å². The van der Waals surface area contributed by atoms with Crippen LogP contribution in [0.1, 0.15) is 5.56 Å². The third-order valence-electron chi connectivity index (χ3n) is 1.94. The molecule has 0 atom stereocenters. The lowest BCUT2D eigenvalue weighted by Gasteiger charge is -2.00. The molecule has 65 valence electrons. The summed E-state index contributed by atoms with van der Waals surface area (Å²) in [5, 5.41) is 1.39. The molecule has 0 amide bonds. The summed E-state index contributed by atoms with van der Waals surface area (Å²) in [7, 11) is 0. The SMILES string of the molecule is [CH2]Cc1ccc2ncnc(Cl)c2c1. The van der Waals surface area contributed by atoms with Gasteiger partial charge < -0.3 is 0 Å². The van der Waals surface area contributed by atoms with Crippen LogP contribution in [0, 0.1) is 6.92 Å². The molecule has 0 fully saturated rings. The van der Waals surface area contributed by atoms with Gasteiger partial charge in [-0.05, 0) is 31.0 Å². The van der Waals surface area contributed by atoms with Crippen LogP contribution in [0.4, 0.5) is 0 Å². The lowest BCUT2D eigenvalue weighted by Crippen LogP contribution is -1.86. The molecule has 0 aliphatic carbocycles. The van der Waals surface area contributed by atoms with Gasteiger partial charge >= 0.3 is 0 Å². The first kappa shape index (κ1) is 8.45. The lowest BCUT2D eigenvalue weighted by molar-refractivity contribution is 1.21. The van der Waals surface area contributed by atoms with Crippen molar-refractivity contribution in [1.29, 1.82) is 0 Å². The maximum atomic E-state index is 5.91. The minimum Gasteiger partial charge on any atom is -0.236 e. The van der Waals surface area contributed by atoms with Crippen molar-refractivity contribution < 1.29 is 0 Å². The zero-order chi connectivity index (χ0) is 9.26. The van der Waals surface area contributed by atoms with E-state index in [1.807, 2.05) is 18.2 Å². The van der Waals surface area contributed by atoms with E-state index in [9.17, 15) is 0 Å². The van der Waals surface area contributed by atoms with Gasteiger partial charge in [0.05, 0.1) is 5.52 Å². The van der Waals surface area contributed by atoms with Crippen molar-refractivity contribution in [2.75, 3.05) is 0 Å². The largest absolute Gasteiger partial charge is 0.236 e. The summed E-state index contributed by atoms with van der Waals surface area (Å²) >= 11 is 5.91. The summed E-state index contributed by atoms with van der Waals surface area (Å²) in [6.45, 7) is 3.81. The summed E-state index contributed by atoms with van der Waals surface area (Å²) in [5.41, 5.74) is 2.02. The number of hydrogen-bond acceptors (Lipinski definition) is 2. The number of rotatable bonds is 1. The van der Waals surface area contributed by atoms with Crippen molar-refractivity contribution in [3.8, 4) is 0 Å². The maximum absolute atomic E-state index is 5.91. The summed E-state index contributed by atoms with van der Waals surface area (Å²) in [5.74, 6) is 0. The van der Waals surface area contributed by atoms with E-state index < -0.39 is 0 Å². The maximum Gasteiger partial charge on any atom is 0.140 e. The summed E-state index contributed by atoms with van der Waals surface area (Å²) in [6, 6.07) is 5.91. The number of halogens is 1. The van der Waals surface area contributed by atoms with Crippen LogP contribution in [-0.4, -0.2) is 9.97 Å². The Bertz CT molecular complexity index is 440. The van der Waals surface area contributed by atoms with Gasteiger partial charge in [-0.1, -0.05) is 17.7 Å². The molecule has 0 aliphatic heterocycles. The smallest absolute Gasteiger partial charge is 0.140 e. The molecule has 0 unspecified atom stereocenters. The number of hydrogen-bond donors (Lipinski definition) is 0. The highest BCUT2D eigenvalue weighted by atomic mass is 35.5. The van der Waals surface area contributed by atoms with Crippen LogP contribution in [0.3, 0.4) is 0 Å². The topological polar surface area (TPSA) is 25.8 Å². The normalized spacial score (nSPS) is 10.6. The molecule has 1 radical (unpaired) electrons. The summed E-state index contributed by atoms with van der Waals surface area (Å²) < 4.78 is 0. The van der Waals surface area contributed by atoms with Crippen LogP contribution in [0.15, 0.2) is 24.5 Å². The quantitative estimate of drug-likeness (QED) is 0.648. The highest BCUT2D eigenvalue weighted by molar-refractivity contribution is 6.34. The van der Waals surface area contributed by atoms with Gasteiger partial charge in [0, 0.05) is 5.39 Å². The Balaban J connectivity index is 2.74. The van der Waals surface area contributed by atoms with Gasteiger partial charge in [0.25, 0.3) is 0 Å². The number of nitrogens with zero attached hydrogens (tertiary/aromatic N) is 2. The molecule has 0 N–H and O–H groups in total. The standard InChI is InChI=1S/C10H8ClN2/c1-2-7-3-4-9-8(5-7)10(11)13-6-12-9/h3-6H,1-2H2. The van der Waals surface area contributed by atoms with Crippen LogP contribution < -0.4 is 0 Å². The van der Waals surface area contributed by atoms with E-state index in [-0.39, 0.29) is 0 Å². The van der Waals surface area contributed by atoms with E-state index in [2.05, 4.69) is 16.9 Å². The summed E-state index contributed by atoms with van der Waals surface area (Å²) in [4.78, 5) is 8.02.